The summed E-state index contributed by atoms with van der Waals surface area (Å²) in [6.07, 6.45) is 0. The van der Waals surface area contributed by atoms with Crippen LogP contribution in [0.2, 0.25) is 0 Å². The third-order valence-electron chi connectivity index (χ3n) is 4.87. The fourth-order valence-corrected chi connectivity index (χ4v) is 4.41. The average molecular weight is 415 g/mol. The fourth-order valence-electron chi connectivity index (χ4n) is 3.49. The number of nitrogens with zero attached hydrogens (tertiary/aromatic N) is 3. The molecular formula is C21H26N4O3S. The molecule has 0 amide bonds. The lowest BCUT2D eigenvalue weighted by Gasteiger charge is -2.36. The Bertz CT molecular complexity index is 898. The van der Waals surface area contributed by atoms with Crippen molar-refractivity contribution in [2.75, 3.05) is 50.0 Å². The summed E-state index contributed by atoms with van der Waals surface area (Å²) >= 11 is 1.13. The summed E-state index contributed by atoms with van der Waals surface area (Å²) in [6.45, 7) is 8.45. The Labute approximate surface area is 175 Å². The van der Waals surface area contributed by atoms with E-state index in [1.807, 2.05) is 25.1 Å². The lowest BCUT2D eigenvalue weighted by atomic mass is 10.1. The highest BCUT2D eigenvalue weighted by atomic mass is 32.1. The smallest absolute Gasteiger partial charge is 0.348 e. The first kappa shape index (κ1) is 21.0. The zero-order chi connectivity index (χ0) is 20.8. The van der Waals surface area contributed by atoms with Crippen LogP contribution in [0.5, 0.6) is 5.75 Å². The van der Waals surface area contributed by atoms with Gasteiger partial charge in [-0.25, -0.2) is 4.79 Å². The molecule has 2 heterocycles. The Balaban J connectivity index is 1.72. The third-order valence-corrected chi connectivity index (χ3v) is 5.91. The van der Waals surface area contributed by atoms with Gasteiger partial charge in [0.1, 0.15) is 21.7 Å². The average Bonchev–Trinajstić information content (AvgIpc) is 3.04. The van der Waals surface area contributed by atoms with E-state index in [9.17, 15) is 10.1 Å². The summed E-state index contributed by atoms with van der Waals surface area (Å²) in [6, 6.07) is 10.2. The third kappa shape index (κ3) is 4.63. The van der Waals surface area contributed by atoms with Gasteiger partial charge in [0.15, 0.2) is 0 Å². The summed E-state index contributed by atoms with van der Waals surface area (Å²) < 4.78 is 10.9. The molecular weight excluding hydrogens is 388 g/mol. The predicted molar refractivity (Wildman–Crippen MR) is 115 cm³/mol. The quantitative estimate of drug-likeness (QED) is 0.696. The van der Waals surface area contributed by atoms with Gasteiger partial charge in [0.2, 0.25) is 0 Å². The molecule has 2 N–H and O–H groups in total. The van der Waals surface area contributed by atoms with Gasteiger partial charge < -0.3 is 20.1 Å². The molecule has 1 aromatic heterocycles. The highest BCUT2D eigenvalue weighted by molar-refractivity contribution is 7.18. The van der Waals surface area contributed by atoms with E-state index in [1.165, 1.54) is 0 Å². The predicted octanol–water partition coefficient (Wildman–Crippen LogP) is 3.10. The maximum atomic E-state index is 12.3. The number of esters is 1. The van der Waals surface area contributed by atoms with E-state index in [0.717, 1.165) is 49.0 Å². The minimum atomic E-state index is -0.412. The van der Waals surface area contributed by atoms with Crippen LogP contribution in [0.15, 0.2) is 24.3 Å². The van der Waals surface area contributed by atoms with Crippen molar-refractivity contribution in [2.24, 2.45) is 0 Å². The van der Waals surface area contributed by atoms with Crippen molar-refractivity contribution < 1.29 is 14.3 Å². The molecule has 1 aromatic carbocycles. The first-order chi connectivity index (χ1) is 14.1. The molecule has 0 saturated carbocycles. The van der Waals surface area contributed by atoms with Gasteiger partial charge in [0.25, 0.3) is 0 Å². The maximum Gasteiger partial charge on any atom is 0.348 e. The molecule has 0 unspecified atom stereocenters. The molecule has 0 bridgehead atoms. The first-order valence-corrected chi connectivity index (χ1v) is 10.6. The Morgan fingerprint density at radius 2 is 1.93 bits per heavy atom. The number of hydrogen-bond acceptors (Lipinski definition) is 8. The number of carbonyl (C=O) groups is 1. The van der Waals surface area contributed by atoms with Crippen molar-refractivity contribution in [1.29, 1.82) is 5.26 Å². The summed E-state index contributed by atoms with van der Waals surface area (Å²) in [4.78, 5) is 17.3. The molecule has 154 valence electrons. The zero-order valence-corrected chi connectivity index (χ0v) is 17.6. The van der Waals surface area contributed by atoms with Crippen LogP contribution >= 0.6 is 11.3 Å². The van der Waals surface area contributed by atoms with E-state index in [4.69, 9.17) is 15.2 Å². The highest BCUT2D eigenvalue weighted by Crippen LogP contribution is 2.33. The standard InChI is InChI=1S/C21H26N4O3S/c1-3-27-18-8-6-5-7-17(18)25-11-9-24(10-12-25)14-16-15(13-22)20(23)29-19(16)21(26)28-4-2/h5-8H,3-4,9-12,14,23H2,1-2H3. The van der Waals surface area contributed by atoms with Crippen LogP contribution in [0.4, 0.5) is 10.7 Å². The minimum Gasteiger partial charge on any atom is -0.492 e. The number of carbonyl (C=O) groups excluding carboxylic acids is 1. The van der Waals surface area contributed by atoms with Gasteiger partial charge >= 0.3 is 5.97 Å². The van der Waals surface area contributed by atoms with Crippen LogP contribution in [0.3, 0.4) is 0 Å². The van der Waals surface area contributed by atoms with Crippen molar-refractivity contribution in [2.45, 2.75) is 20.4 Å². The van der Waals surface area contributed by atoms with Crippen LogP contribution in [0.1, 0.15) is 34.6 Å². The van der Waals surface area contributed by atoms with Gasteiger partial charge in [-0.15, -0.1) is 11.3 Å². The normalized spacial score (nSPS) is 14.4. The number of piperazine rings is 1. The highest BCUT2D eigenvalue weighted by Gasteiger charge is 2.26. The lowest BCUT2D eigenvalue weighted by Crippen LogP contribution is -2.46. The van der Waals surface area contributed by atoms with Crippen LogP contribution in [-0.2, 0) is 11.3 Å². The summed E-state index contributed by atoms with van der Waals surface area (Å²) in [7, 11) is 0. The molecule has 0 aliphatic carbocycles. The molecule has 1 aliphatic rings. The van der Waals surface area contributed by atoms with Gasteiger partial charge in [-0.05, 0) is 26.0 Å². The number of hydrogen-bond donors (Lipinski definition) is 1. The van der Waals surface area contributed by atoms with E-state index in [2.05, 4.69) is 21.9 Å². The van der Waals surface area contributed by atoms with E-state index < -0.39 is 5.97 Å². The van der Waals surface area contributed by atoms with Crippen molar-refractivity contribution in [3.05, 3.63) is 40.3 Å². The number of rotatable bonds is 7. The molecule has 0 atom stereocenters. The van der Waals surface area contributed by atoms with Crippen molar-refractivity contribution in [3.8, 4) is 11.8 Å². The number of nitrogens with two attached hydrogens (primary N) is 1. The van der Waals surface area contributed by atoms with E-state index in [-0.39, 0.29) is 6.61 Å². The molecule has 1 saturated heterocycles. The number of anilines is 2. The molecule has 0 radical (unpaired) electrons. The second-order valence-electron chi connectivity index (χ2n) is 6.65. The van der Waals surface area contributed by atoms with Crippen molar-refractivity contribution >= 4 is 28.0 Å². The summed E-state index contributed by atoms with van der Waals surface area (Å²) in [5.41, 5.74) is 8.15. The molecule has 2 aromatic rings. The Hall–Kier alpha value is -2.76. The van der Waals surface area contributed by atoms with Crippen LogP contribution in [-0.4, -0.2) is 50.3 Å². The molecule has 3 rings (SSSR count). The van der Waals surface area contributed by atoms with Gasteiger partial charge in [-0.2, -0.15) is 5.26 Å². The van der Waals surface area contributed by atoms with Gasteiger partial charge in [0.05, 0.1) is 24.5 Å². The van der Waals surface area contributed by atoms with Crippen LogP contribution in [0, 0.1) is 11.3 Å². The number of ether oxygens (including phenoxy) is 2. The lowest BCUT2D eigenvalue weighted by molar-refractivity contribution is 0.0529. The maximum absolute atomic E-state index is 12.3. The largest absolute Gasteiger partial charge is 0.492 e. The molecule has 0 spiro atoms. The monoisotopic (exact) mass is 414 g/mol. The van der Waals surface area contributed by atoms with E-state index in [1.54, 1.807) is 6.92 Å². The number of para-hydroxylation sites is 2. The van der Waals surface area contributed by atoms with E-state index in [0.29, 0.717) is 34.2 Å². The number of thiophene rings is 1. The van der Waals surface area contributed by atoms with Crippen LogP contribution in [0.25, 0.3) is 0 Å². The second-order valence-corrected chi connectivity index (χ2v) is 7.70. The summed E-state index contributed by atoms with van der Waals surface area (Å²) in [5.74, 6) is 0.482. The fraction of sp³-hybridized carbons (Fsp3) is 0.429. The summed E-state index contributed by atoms with van der Waals surface area (Å²) in [5, 5.41) is 9.88. The van der Waals surface area contributed by atoms with Gasteiger partial charge in [-0.3, -0.25) is 4.90 Å². The Morgan fingerprint density at radius 3 is 2.59 bits per heavy atom. The number of benzene rings is 1. The topological polar surface area (TPSA) is 91.8 Å². The molecule has 1 aliphatic heterocycles. The minimum absolute atomic E-state index is 0.288. The van der Waals surface area contributed by atoms with Crippen molar-refractivity contribution in [3.63, 3.8) is 0 Å². The molecule has 8 heteroatoms. The molecule has 29 heavy (non-hydrogen) atoms. The van der Waals surface area contributed by atoms with Crippen LogP contribution < -0.4 is 15.4 Å². The van der Waals surface area contributed by atoms with Crippen molar-refractivity contribution in [1.82, 2.24) is 4.90 Å². The second kappa shape index (κ2) is 9.63. The molecule has 1 fully saturated rings. The first-order valence-electron chi connectivity index (χ1n) is 9.76. The van der Waals surface area contributed by atoms with Gasteiger partial charge in [0, 0.05) is 38.3 Å². The van der Waals surface area contributed by atoms with E-state index >= 15 is 0 Å². The zero-order valence-electron chi connectivity index (χ0n) is 16.8. The Morgan fingerprint density at radius 1 is 1.21 bits per heavy atom. The van der Waals surface area contributed by atoms with Gasteiger partial charge in [-0.1, -0.05) is 12.1 Å². The SMILES string of the molecule is CCOC(=O)c1sc(N)c(C#N)c1CN1CCN(c2ccccc2OCC)CC1. The number of nitriles is 1. The molecule has 7 nitrogen and oxygen atoms in total. The number of nitrogen functional groups attached to an aromatic ring is 1. The Kier molecular flexibility index (Phi) is 6.96.